The molecule has 5 fully saturated rings. The van der Waals surface area contributed by atoms with Crippen LogP contribution in [0.15, 0.2) is 0 Å². The van der Waals surface area contributed by atoms with Gasteiger partial charge in [-0.2, -0.15) is 10.3 Å². The normalized spacial score (nSPS) is 54.7. The van der Waals surface area contributed by atoms with E-state index in [2.05, 4.69) is 11.1 Å². The van der Waals surface area contributed by atoms with Gasteiger partial charge in [-0.05, 0) is 49.9 Å². The molecule has 4 bridgehead atoms. The van der Waals surface area contributed by atoms with Gasteiger partial charge < -0.3 is 0 Å². The lowest BCUT2D eigenvalue weighted by Crippen LogP contribution is -2.39. The molecular formula is C13H18N2O. The van der Waals surface area contributed by atoms with Gasteiger partial charge in [-0.15, -0.1) is 0 Å². The SMILES string of the molecule is N#C[C@@H]1C[C@@H]2C3CC4CC(C3)CC(C4)N2O1. The smallest absolute Gasteiger partial charge is 0.167 e. The zero-order valence-corrected chi connectivity index (χ0v) is 9.51. The van der Waals surface area contributed by atoms with Crippen molar-refractivity contribution in [2.45, 2.75) is 56.7 Å². The first-order valence-corrected chi connectivity index (χ1v) is 6.68. The van der Waals surface area contributed by atoms with Crippen LogP contribution in [0.25, 0.3) is 0 Å². The van der Waals surface area contributed by atoms with Gasteiger partial charge in [-0.25, -0.2) is 0 Å². The monoisotopic (exact) mass is 218 g/mol. The Morgan fingerprint density at radius 3 is 2.44 bits per heavy atom. The Bertz CT molecular complexity index is 312. The van der Waals surface area contributed by atoms with Crippen molar-refractivity contribution in [2.75, 3.05) is 0 Å². The van der Waals surface area contributed by atoms with Crippen LogP contribution in [0.2, 0.25) is 0 Å². The fraction of sp³-hybridized carbons (Fsp3) is 0.923. The molecule has 5 rings (SSSR count). The first-order chi connectivity index (χ1) is 7.83. The summed E-state index contributed by atoms with van der Waals surface area (Å²) < 4.78 is 0. The number of hydrogen-bond donors (Lipinski definition) is 0. The Balaban J connectivity index is 1.68. The van der Waals surface area contributed by atoms with E-state index >= 15 is 0 Å². The first-order valence-electron chi connectivity index (χ1n) is 6.68. The predicted octanol–water partition coefficient (Wildman–Crippen LogP) is 2.09. The summed E-state index contributed by atoms with van der Waals surface area (Å²) in [6.45, 7) is 0. The van der Waals surface area contributed by atoms with Gasteiger partial charge in [0.15, 0.2) is 6.10 Å². The van der Waals surface area contributed by atoms with E-state index < -0.39 is 0 Å². The van der Waals surface area contributed by atoms with Crippen LogP contribution in [0.3, 0.4) is 0 Å². The lowest BCUT2D eigenvalue weighted by molar-refractivity contribution is -0.182. The number of hydrogen-bond acceptors (Lipinski definition) is 3. The standard InChI is InChI=1S/C13H18N2O/c14-7-12-6-13-10-2-8-1-9(3-10)5-11(4-8)15(13)16-12/h8-13H,1-6H2/t8?,9?,10?,11?,12-,13+/m0/s1. The Hall–Kier alpha value is -0.590. The highest BCUT2D eigenvalue weighted by atomic mass is 16.7. The van der Waals surface area contributed by atoms with Crippen molar-refractivity contribution in [3.05, 3.63) is 0 Å². The van der Waals surface area contributed by atoms with Gasteiger partial charge in [0.05, 0.1) is 6.07 Å². The lowest BCUT2D eigenvalue weighted by atomic mass is 9.67. The molecule has 2 unspecified atom stereocenters. The summed E-state index contributed by atoms with van der Waals surface area (Å²) in [5, 5.41) is 11.3. The third kappa shape index (κ3) is 1.20. The summed E-state index contributed by atoms with van der Waals surface area (Å²) in [5.41, 5.74) is 0. The van der Waals surface area contributed by atoms with Crippen LogP contribution in [0.5, 0.6) is 0 Å². The van der Waals surface area contributed by atoms with Gasteiger partial charge in [0, 0.05) is 18.5 Å². The lowest BCUT2D eigenvalue weighted by Gasteiger charge is -2.38. The van der Waals surface area contributed by atoms with E-state index in [1.165, 1.54) is 32.1 Å². The molecule has 0 amide bonds. The van der Waals surface area contributed by atoms with Crippen LogP contribution in [0.4, 0.5) is 0 Å². The highest BCUT2D eigenvalue weighted by Crippen LogP contribution is 2.52. The van der Waals surface area contributed by atoms with Gasteiger partial charge in [0.1, 0.15) is 0 Å². The molecule has 5 aliphatic rings. The second-order valence-corrected chi connectivity index (χ2v) is 6.21. The highest BCUT2D eigenvalue weighted by molar-refractivity contribution is 5.03. The second kappa shape index (κ2) is 3.21. The third-order valence-corrected chi connectivity index (χ3v) is 5.23. The Labute approximate surface area is 96.3 Å². The van der Waals surface area contributed by atoms with E-state index in [0.717, 1.165) is 24.2 Å². The fourth-order valence-electron chi connectivity index (χ4n) is 4.81. The molecule has 3 heteroatoms. The van der Waals surface area contributed by atoms with E-state index in [-0.39, 0.29) is 6.10 Å². The molecule has 3 saturated heterocycles. The molecule has 0 aromatic heterocycles. The molecule has 4 atom stereocenters. The molecule has 2 aliphatic carbocycles. The molecule has 2 saturated carbocycles. The van der Waals surface area contributed by atoms with Crippen LogP contribution < -0.4 is 0 Å². The van der Waals surface area contributed by atoms with Crippen molar-refractivity contribution >= 4 is 0 Å². The van der Waals surface area contributed by atoms with Gasteiger partial charge in [0.25, 0.3) is 0 Å². The minimum Gasteiger partial charge on any atom is -0.280 e. The maximum atomic E-state index is 9.01. The van der Waals surface area contributed by atoms with E-state index in [1.54, 1.807) is 0 Å². The van der Waals surface area contributed by atoms with Crippen LogP contribution in [0, 0.1) is 29.1 Å². The molecule has 3 nitrogen and oxygen atoms in total. The molecule has 16 heavy (non-hydrogen) atoms. The molecule has 86 valence electrons. The van der Waals surface area contributed by atoms with Crippen molar-refractivity contribution in [3.8, 4) is 6.07 Å². The van der Waals surface area contributed by atoms with Crippen molar-refractivity contribution in [3.63, 3.8) is 0 Å². The van der Waals surface area contributed by atoms with Crippen LogP contribution in [0.1, 0.15) is 38.5 Å². The first kappa shape index (κ1) is 9.44. The van der Waals surface area contributed by atoms with Crippen LogP contribution >= 0.6 is 0 Å². The maximum absolute atomic E-state index is 9.01. The minimum atomic E-state index is -0.164. The molecule has 3 heterocycles. The van der Waals surface area contributed by atoms with E-state index in [4.69, 9.17) is 10.1 Å². The number of nitriles is 1. The van der Waals surface area contributed by atoms with Crippen molar-refractivity contribution in [1.29, 1.82) is 5.26 Å². The topological polar surface area (TPSA) is 36.3 Å². The van der Waals surface area contributed by atoms with Crippen molar-refractivity contribution in [1.82, 2.24) is 5.06 Å². The summed E-state index contributed by atoms with van der Waals surface area (Å²) >= 11 is 0. The average Bonchev–Trinajstić information content (AvgIpc) is 2.65. The Kier molecular flexibility index (Phi) is 1.89. The van der Waals surface area contributed by atoms with Gasteiger partial charge in [0.2, 0.25) is 0 Å². The molecular weight excluding hydrogens is 200 g/mol. The Morgan fingerprint density at radius 1 is 1.00 bits per heavy atom. The fourth-order valence-corrected chi connectivity index (χ4v) is 4.81. The molecule has 0 N–H and O–H groups in total. The molecule has 3 aliphatic heterocycles. The predicted molar refractivity (Wildman–Crippen MR) is 58.1 cm³/mol. The van der Waals surface area contributed by atoms with Crippen LogP contribution in [-0.4, -0.2) is 23.3 Å². The summed E-state index contributed by atoms with van der Waals surface area (Å²) in [5.74, 6) is 2.73. The summed E-state index contributed by atoms with van der Waals surface area (Å²) in [6.07, 6.45) is 7.70. The maximum Gasteiger partial charge on any atom is 0.167 e. The zero-order chi connectivity index (χ0) is 10.7. The number of rotatable bonds is 0. The van der Waals surface area contributed by atoms with Gasteiger partial charge in [-0.1, -0.05) is 0 Å². The Morgan fingerprint density at radius 2 is 1.75 bits per heavy atom. The van der Waals surface area contributed by atoms with Gasteiger partial charge in [-0.3, -0.25) is 4.84 Å². The molecule has 0 radical (unpaired) electrons. The zero-order valence-electron chi connectivity index (χ0n) is 9.51. The van der Waals surface area contributed by atoms with E-state index in [1.807, 2.05) is 0 Å². The van der Waals surface area contributed by atoms with Gasteiger partial charge >= 0.3 is 0 Å². The summed E-state index contributed by atoms with van der Waals surface area (Å²) in [6, 6.07) is 3.47. The number of hydroxylamine groups is 2. The summed E-state index contributed by atoms with van der Waals surface area (Å²) in [7, 11) is 0. The average molecular weight is 218 g/mol. The third-order valence-electron chi connectivity index (χ3n) is 5.23. The molecule has 0 spiro atoms. The van der Waals surface area contributed by atoms with E-state index in [0.29, 0.717) is 12.1 Å². The number of nitrogens with zero attached hydrogens (tertiary/aromatic N) is 2. The van der Waals surface area contributed by atoms with Crippen molar-refractivity contribution < 1.29 is 4.84 Å². The molecule has 0 aromatic rings. The van der Waals surface area contributed by atoms with Crippen LogP contribution in [-0.2, 0) is 4.84 Å². The van der Waals surface area contributed by atoms with E-state index in [9.17, 15) is 0 Å². The highest BCUT2D eigenvalue weighted by Gasteiger charge is 2.51. The molecule has 0 aromatic carbocycles. The minimum absolute atomic E-state index is 0.164. The summed E-state index contributed by atoms with van der Waals surface area (Å²) in [4.78, 5) is 5.85. The second-order valence-electron chi connectivity index (χ2n) is 6.21. The van der Waals surface area contributed by atoms with Crippen molar-refractivity contribution in [2.24, 2.45) is 17.8 Å². The largest absolute Gasteiger partial charge is 0.280 e. The quantitative estimate of drug-likeness (QED) is 0.624.